The highest BCUT2D eigenvalue weighted by Gasteiger charge is 2.16. The molecule has 1 aromatic carbocycles. The minimum Gasteiger partial charge on any atom is -0.443 e. The van der Waals surface area contributed by atoms with Crippen molar-refractivity contribution in [1.29, 1.82) is 0 Å². The lowest BCUT2D eigenvalue weighted by Crippen LogP contribution is -2.28. The molecule has 2 heterocycles. The normalized spacial score (nSPS) is 11.0. The molecule has 0 aliphatic heterocycles. The summed E-state index contributed by atoms with van der Waals surface area (Å²) in [7, 11) is 0. The van der Waals surface area contributed by atoms with Gasteiger partial charge in [0.2, 0.25) is 11.6 Å². The molecular weight excluding hydrogens is 320 g/mol. The number of carbonyl (C=O) groups is 1. The van der Waals surface area contributed by atoms with Crippen LogP contribution >= 0.6 is 0 Å². The van der Waals surface area contributed by atoms with Gasteiger partial charge in [-0.3, -0.25) is 14.2 Å². The molecule has 124 valence electrons. The minimum atomic E-state index is -0.771. The molecule has 1 amide bonds. The number of nitrogens with one attached hydrogen (secondary N) is 1. The Morgan fingerprint density at radius 1 is 1.33 bits per heavy atom. The van der Waals surface area contributed by atoms with Crippen molar-refractivity contribution in [3.05, 3.63) is 57.8 Å². The summed E-state index contributed by atoms with van der Waals surface area (Å²) in [5, 5.41) is 2.52. The van der Waals surface area contributed by atoms with Crippen LogP contribution in [-0.4, -0.2) is 15.5 Å². The summed E-state index contributed by atoms with van der Waals surface area (Å²) in [4.78, 5) is 28.4. The standard InChI is InChI=1S/C16H13F2N3O3/c1-8-9(2)24-15-14(8)16(23)21(7-19-15)6-13(22)20-12-5-10(17)3-4-11(12)18/h3-5,7H,6H2,1-2H3,(H,20,22). The number of fused-ring (bicyclic) bond motifs is 1. The Bertz CT molecular complexity index is 1010. The smallest absolute Gasteiger partial charge is 0.265 e. The molecule has 8 heteroatoms. The van der Waals surface area contributed by atoms with E-state index in [9.17, 15) is 18.4 Å². The number of aromatic nitrogens is 2. The van der Waals surface area contributed by atoms with E-state index in [1.807, 2.05) is 0 Å². The van der Waals surface area contributed by atoms with E-state index >= 15 is 0 Å². The maximum absolute atomic E-state index is 13.5. The second-order valence-corrected chi connectivity index (χ2v) is 5.31. The van der Waals surface area contributed by atoms with Crippen LogP contribution in [0.15, 0.2) is 33.7 Å². The number of furan rings is 1. The van der Waals surface area contributed by atoms with Crippen LogP contribution in [0.5, 0.6) is 0 Å². The van der Waals surface area contributed by atoms with Crippen LogP contribution < -0.4 is 10.9 Å². The SMILES string of the molecule is Cc1oc2ncn(CC(=O)Nc3cc(F)ccc3F)c(=O)c2c1C. The van der Waals surface area contributed by atoms with Gasteiger partial charge in [0, 0.05) is 11.6 Å². The second-order valence-electron chi connectivity index (χ2n) is 5.31. The molecule has 0 radical (unpaired) electrons. The first-order valence-corrected chi connectivity index (χ1v) is 7.07. The fraction of sp³-hybridized carbons (Fsp3) is 0.188. The van der Waals surface area contributed by atoms with Crippen molar-refractivity contribution < 1.29 is 18.0 Å². The number of rotatable bonds is 3. The van der Waals surface area contributed by atoms with Crippen molar-refractivity contribution in [1.82, 2.24) is 9.55 Å². The highest BCUT2D eigenvalue weighted by molar-refractivity contribution is 5.90. The first-order chi connectivity index (χ1) is 11.4. The molecule has 2 aromatic heterocycles. The third kappa shape index (κ3) is 2.78. The fourth-order valence-corrected chi connectivity index (χ4v) is 2.32. The Kier molecular flexibility index (Phi) is 3.88. The van der Waals surface area contributed by atoms with Crippen LogP contribution in [0.1, 0.15) is 11.3 Å². The molecule has 0 aliphatic carbocycles. The van der Waals surface area contributed by atoms with Crippen LogP contribution in [-0.2, 0) is 11.3 Å². The van der Waals surface area contributed by atoms with Crippen LogP contribution in [0, 0.1) is 25.5 Å². The van der Waals surface area contributed by atoms with Crippen molar-refractivity contribution in [2.24, 2.45) is 0 Å². The predicted molar refractivity (Wildman–Crippen MR) is 82.7 cm³/mol. The lowest BCUT2D eigenvalue weighted by atomic mass is 10.2. The molecule has 0 spiro atoms. The zero-order chi connectivity index (χ0) is 17.4. The zero-order valence-corrected chi connectivity index (χ0v) is 12.9. The van der Waals surface area contributed by atoms with E-state index in [0.29, 0.717) is 16.7 Å². The average Bonchev–Trinajstić information content (AvgIpc) is 2.81. The molecule has 0 saturated carbocycles. The fourth-order valence-electron chi connectivity index (χ4n) is 2.32. The topological polar surface area (TPSA) is 77.1 Å². The molecule has 0 aliphatic rings. The van der Waals surface area contributed by atoms with E-state index in [4.69, 9.17) is 4.42 Å². The second kappa shape index (κ2) is 5.88. The van der Waals surface area contributed by atoms with E-state index < -0.39 is 23.1 Å². The van der Waals surface area contributed by atoms with Gasteiger partial charge in [0.25, 0.3) is 5.56 Å². The maximum atomic E-state index is 13.5. The Labute approximate surface area is 134 Å². The van der Waals surface area contributed by atoms with Gasteiger partial charge < -0.3 is 9.73 Å². The molecule has 1 N–H and O–H groups in total. The number of carbonyl (C=O) groups excluding carboxylic acids is 1. The molecule has 24 heavy (non-hydrogen) atoms. The van der Waals surface area contributed by atoms with E-state index in [-0.39, 0.29) is 17.9 Å². The molecule has 0 saturated heterocycles. The summed E-state index contributed by atoms with van der Waals surface area (Å²) in [6.45, 7) is 3.04. The highest BCUT2D eigenvalue weighted by atomic mass is 19.1. The van der Waals surface area contributed by atoms with Gasteiger partial charge in [0.1, 0.15) is 35.7 Å². The zero-order valence-electron chi connectivity index (χ0n) is 12.9. The Morgan fingerprint density at radius 2 is 2.08 bits per heavy atom. The molecule has 3 rings (SSSR count). The summed E-state index contributed by atoms with van der Waals surface area (Å²) in [5.74, 6) is -1.57. The maximum Gasteiger partial charge on any atom is 0.265 e. The third-order valence-electron chi connectivity index (χ3n) is 3.67. The van der Waals surface area contributed by atoms with Crippen molar-refractivity contribution in [3.8, 4) is 0 Å². The third-order valence-corrected chi connectivity index (χ3v) is 3.67. The summed E-state index contributed by atoms with van der Waals surface area (Å²) in [6, 6.07) is 2.71. The summed E-state index contributed by atoms with van der Waals surface area (Å²) >= 11 is 0. The van der Waals surface area contributed by atoms with E-state index in [2.05, 4.69) is 10.3 Å². The lowest BCUT2D eigenvalue weighted by Gasteiger charge is -2.08. The Balaban J connectivity index is 1.88. The van der Waals surface area contributed by atoms with Crippen molar-refractivity contribution in [3.63, 3.8) is 0 Å². The van der Waals surface area contributed by atoms with Gasteiger partial charge in [-0.05, 0) is 26.0 Å². The molecular formula is C16H13F2N3O3. The number of benzene rings is 1. The molecule has 0 fully saturated rings. The number of hydrogen-bond acceptors (Lipinski definition) is 4. The molecule has 6 nitrogen and oxygen atoms in total. The first-order valence-electron chi connectivity index (χ1n) is 7.07. The van der Waals surface area contributed by atoms with E-state index in [1.165, 1.54) is 6.33 Å². The number of nitrogens with zero attached hydrogens (tertiary/aromatic N) is 2. The summed E-state index contributed by atoms with van der Waals surface area (Å²) in [5.41, 5.74) is 0.109. The molecule has 0 bridgehead atoms. The molecule has 0 unspecified atom stereocenters. The number of aryl methyl sites for hydroxylation is 2. The Hall–Kier alpha value is -3.03. The number of hydrogen-bond donors (Lipinski definition) is 1. The van der Waals surface area contributed by atoms with Crippen LogP contribution in [0.3, 0.4) is 0 Å². The van der Waals surface area contributed by atoms with Gasteiger partial charge in [0.15, 0.2) is 0 Å². The van der Waals surface area contributed by atoms with E-state index in [0.717, 1.165) is 22.8 Å². The number of anilines is 1. The van der Waals surface area contributed by atoms with Gasteiger partial charge in [-0.15, -0.1) is 0 Å². The van der Waals surface area contributed by atoms with Crippen molar-refractivity contribution in [2.45, 2.75) is 20.4 Å². The monoisotopic (exact) mass is 333 g/mol. The highest BCUT2D eigenvalue weighted by Crippen LogP contribution is 2.19. The van der Waals surface area contributed by atoms with Crippen molar-refractivity contribution >= 4 is 22.7 Å². The van der Waals surface area contributed by atoms with E-state index in [1.54, 1.807) is 13.8 Å². The van der Waals surface area contributed by atoms with Crippen molar-refractivity contribution in [2.75, 3.05) is 5.32 Å². The van der Waals surface area contributed by atoms with Gasteiger partial charge in [0.05, 0.1) is 5.69 Å². The van der Waals surface area contributed by atoms with Gasteiger partial charge in [-0.1, -0.05) is 0 Å². The average molecular weight is 333 g/mol. The van der Waals surface area contributed by atoms with Crippen LogP contribution in [0.2, 0.25) is 0 Å². The van der Waals surface area contributed by atoms with Crippen LogP contribution in [0.25, 0.3) is 11.1 Å². The van der Waals surface area contributed by atoms with Crippen LogP contribution in [0.4, 0.5) is 14.5 Å². The molecule has 0 atom stereocenters. The molecule has 3 aromatic rings. The largest absolute Gasteiger partial charge is 0.443 e. The Morgan fingerprint density at radius 3 is 2.83 bits per heavy atom. The minimum absolute atomic E-state index is 0.197. The quantitative estimate of drug-likeness (QED) is 0.799. The summed E-state index contributed by atoms with van der Waals surface area (Å²) in [6.07, 6.45) is 1.18. The number of halogens is 2. The van der Waals surface area contributed by atoms with Gasteiger partial charge >= 0.3 is 0 Å². The van der Waals surface area contributed by atoms with Gasteiger partial charge in [-0.2, -0.15) is 0 Å². The lowest BCUT2D eigenvalue weighted by molar-refractivity contribution is -0.116. The number of amides is 1. The first kappa shape index (κ1) is 15.9. The van der Waals surface area contributed by atoms with Gasteiger partial charge in [-0.25, -0.2) is 13.8 Å². The predicted octanol–water partition coefficient (Wildman–Crippen LogP) is 2.52. The summed E-state index contributed by atoms with van der Waals surface area (Å²) < 4.78 is 33.1.